The molecule has 0 saturated heterocycles. The Morgan fingerprint density at radius 3 is 2.15 bits per heavy atom. The summed E-state index contributed by atoms with van der Waals surface area (Å²) in [5.74, 6) is 0.356. The van der Waals surface area contributed by atoms with E-state index < -0.39 is 0 Å². The van der Waals surface area contributed by atoms with Gasteiger partial charge in [0.2, 0.25) is 0 Å². The van der Waals surface area contributed by atoms with Gasteiger partial charge in [-0.25, -0.2) is 0 Å². The second-order valence-electron chi connectivity index (χ2n) is 6.20. The van der Waals surface area contributed by atoms with Crippen LogP contribution < -0.4 is 10.1 Å². The predicted molar refractivity (Wildman–Crippen MR) is 105 cm³/mol. The van der Waals surface area contributed by atoms with Gasteiger partial charge in [-0.1, -0.05) is 60.7 Å². The Hall–Kier alpha value is -3.40. The molecule has 0 radical (unpaired) electrons. The Balaban J connectivity index is 1.63. The van der Waals surface area contributed by atoms with Crippen molar-refractivity contribution in [3.05, 3.63) is 102 Å². The third-order valence-electron chi connectivity index (χ3n) is 4.21. The molecule has 0 bridgehead atoms. The molecular formula is C23H21NO3. The van der Waals surface area contributed by atoms with Gasteiger partial charge in [0, 0.05) is 5.56 Å². The van der Waals surface area contributed by atoms with Gasteiger partial charge in [-0.15, -0.1) is 0 Å². The molecule has 3 rings (SSSR count). The van der Waals surface area contributed by atoms with E-state index in [-0.39, 0.29) is 18.6 Å². The molecule has 0 aliphatic carbocycles. The first kappa shape index (κ1) is 18.4. The Morgan fingerprint density at radius 1 is 0.889 bits per heavy atom. The highest BCUT2D eigenvalue weighted by Crippen LogP contribution is 2.18. The third-order valence-corrected chi connectivity index (χ3v) is 4.21. The second kappa shape index (κ2) is 9.34. The standard InChI is InChI=1S/C23H21NO3/c25-16-19-11-13-21(14-12-19)27-17-23(26)24-22(20-9-5-2-6-10-20)15-18-7-3-1-4-8-18/h1-14,16,22H,15,17H2,(H,24,26). The van der Waals surface area contributed by atoms with Crippen molar-refractivity contribution < 1.29 is 14.3 Å². The Labute approximate surface area is 158 Å². The highest BCUT2D eigenvalue weighted by atomic mass is 16.5. The molecule has 0 aromatic heterocycles. The van der Waals surface area contributed by atoms with Crippen molar-refractivity contribution in [2.75, 3.05) is 6.61 Å². The van der Waals surface area contributed by atoms with Crippen LogP contribution in [-0.2, 0) is 11.2 Å². The molecule has 0 saturated carbocycles. The van der Waals surface area contributed by atoms with E-state index in [9.17, 15) is 9.59 Å². The molecule has 4 heteroatoms. The molecule has 3 aromatic carbocycles. The first-order chi connectivity index (χ1) is 13.2. The van der Waals surface area contributed by atoms with Crippen molar-refractivity contribution >= 4 is 12.2 Å². The molecule has 0 fully saturated rings. The van der Waals surface area contributed by atoms with Crippen LogP contribution >= 0.6 is 0 Å². The van der Waals surface area contributed by atoms with Crippen LogP contribution in [-0.4, -0.2) is 18.8 Å². The number of nitrogens with one attached hydrogen (secondary N) is 1. The maximum atomic E-state index is 12.4. The van der Waals surface area contributed by atoms with Crippen molar-refractivity contribution in [3.8, 4) is 5.75 Å². The lowest BCUT2D eigenvalue weighted by Crippen LogP contribution is -2.33. The molecule has 4 nitrogen and oxygen atoms in total. The van der Waals surface area contributed by atoms with Crippen molar-refractivity contribution in [2.45, 2.75) is 12.5 Å². The van der Waals surface area contributed by atoms with Crippen LogP contribution in [0.2, 0.25) is 0 Å². The number of benzene rings is 3. The Morgan fingerprint density at radius 2 is 1.52 bits per heavy atom. The lowest BCUT2D eigenvalue weighted by Gasteiger charge is -2.20. The predicted octanol–water partition coefficient (Wildman–Crippen LogP) is 3.98. The zero-order chi connectivity index (χ0) is 18.9. The topological polar surface area (TPSA) is 55.4 Å². The Kier molecular flexibility index (Phi) is 6.36. The number of carbonyl (C=O) groups is 2. The molecule has 0 heterocycles. The quantitative estimate of drug-likeness (QED) is 0.619. The van der Waals surface area contributed by atoms with Crippen molar-refractivity contribution in [3.63, 3.8) is 0 Å². The third kappa shape index (κ3) is 5.54. The lowest BCUT2D eigenvalue weighted by molar-refractivity contribution is -0.123. The van der Waals surface area contributed by atoms with Gasteiger partial charge in [-0.2, -0.15) is 0 Å². The SMILES string of the molecule is O=Cc1ccc(OCC(=O)NC(Cc2ccccc2)c2ccccc2)cc1. The fraction of sp³-hybridized carbons (Fsp3) is 0.130. The molecule has 136 valence electrons. The van der Waals surface area contributed by atoms with Gasteiger partial charge >= 0.3 is 0 Å². The fourth-order valence-corrected chi connectivity index (χ4v) is 2.81. The van der Waals surface area contributed by atoms with E-state index in [0.717, 1.165) is 17.4 Å². The second-order valence-corrected chi connectivity index (χ2v) is 6.20. The summed E-state index contributed by atoms with van der Waals surface area (Å²) in [6.07, 6.45) is 1.47. The summed E-state index contributed by atoms with van der Waals surface area (Å²) in [5, 5.41) is 3.05. The van der Waals surface area contributed by atoms with Crippen molar-refractivity contribution in [2.24, 2.45) is 0 Å². The summed E-state index contributed by atoms with van der Waals surface area (Å²) < 4.78 is 5.53. The minimum Gasteiger partial charge on any atom is -0.484 e. The van der Waals surface area contributed by atoms with E-state index in [1.54, 1.807) is 24.3 Å². The molecule has 1 N–H and O–H groups in total. The lowest BCUT2D eigenvalue weighted by atomic mass is 9.99. The molecule has 0 spiro atoms. The van der Waals surface area contributed by atoms with Crippen LogP contribution in [0.25, 0.3) is 0 Å². The average Bonchev–Trinajstić information content (AvgIpc) is 2.73. The van der Waals surface area contributed by atoms with Crippen molar-refractivity contribution in [1.82, 2.24) is 5.32 Å². The average molecular weight is 359 g/mol. The van der Waals surface area contributed by atoms with E-state index in [1.165, 1.54) is 0 Å². The van der Waals surface area contributed by atoms with E-state index in [2.05, 4.69) is 5.32 Å². The molecule has 27 heavy (non-hydrogen) atoms. The summed E-state index contributed by atoms with van der Waals surface area (Å²) >= 11 is 0. The smallest absolute Gasteiger partial charge is 0.258 e. The molecule has 0 aliphatic heterocycles. The van der Waals surface area contributed by atoms with Crippen LogP contribution in [0.1, 0.15) is 27.5 Å². The van der Waals surface area contributed by atoms with Crippen LogP contribution in [0.3, 0.4) is 0 Å². The molecule has 1 atom stereocenters. The normalized spacial score (nSPS) is 11.4. The number of hydrogen-bond donors (Lipinski definition) is 1. The number of ether oxygens (including phenoxy) is 1. The number of rotatable bonds is 8. The first-order valence-electron chi connectivity index (χ1n) is 8.81. The maximum absolute atomic E-state index is 12.4. The number of aldehydes is 1. The van der Waals surface area contributed by atoms with Gasteiger partial charge < -0.3 is 10.1 Å². The fourth-order valence-electron chi connectivity index (χ4n) is 2.81. The van der Waals surface area contributed by atoms with Gasteiger partial charge in [0.1, 0.15) is 12.0 Å². The van der Waals surface area contributed by atoms with E-state index >= 15 is 0 Å². The van der Waals surface area contributed by atoms with Crippen molar-refractivity contribution in [1.29, 1.82) is 0 Å². The Bertz CT molecular complexity index is 861. The number of amides is 1. The molecule has 1 unspecified atom stereocenters. The van der Waals surface area contributed by atoms with Crippen LogP contribution in [0.5, 0.6) is 5.75 Å². The zero-order valence-electron chi connectivity index (χ0n) is 14.9. The molecule has 0 aliphatic rings. The van der Waals surface area contributed by atoms with E-state index in [4.69, 9.17) is 4.74 Å². The maximum Gasteiger partial charge on any atom is 0.258 e. The minimum atomic E-state index is -0.195. The van der Waals surface area contributed by atoms with Gasteiger partial charge in [-0.3, -0.25) is 9.59 Å². The van der Waals surface area contributed by atoms with Gasteiger partial charge in [0.05, 0.1) is 6.04 Å². The molecule has 1 amide bonds. The van der Waals surface area contributed by atoms with Gasteiger partial charge in [-0.05, 0) is 41.8 Å². The minimum absolute atomic E-state index is 0.0848. The summed E-state index contributed by atoms with van der Waals surface area (Å²) in [6.45, 7) is -0.0848. The summed E-state index contributed by atoms with van der Waals surface area (Å²) in [7, 11) is 0. The molecular weight excluding hydrogens is 338 g/mol. The summed E-state index contributed by atoms with van der Waals surface area (Å²) in [4.78, 5) is 23.1. The highest BCUT2D eigenvalue weighted by Gasteiger charge is 2.15. The van der Waals surface area contributed by atoms with Crippen LogP contribution in [0, 0.1) is 0 Å². The number of carbonyl (C=O) groups excluding carboxylic acids is 2. The van der Waals surface area contributed by atoms with E-state index in [1.807, 2.05) is 60.7 Å². The summed E-state index contributed by atoms with van der Waals surface area (Å²) in [5.41, 5.74) is 2.76. The summed E-state index contributed by atoms with van der Waals surface area (Å²) in [6, 6.07) is 26.5. The molecule has 3 aromatic rings. The monoisotopic (exact) mass is 359 g/mol. The highest BCUT2D eigenvalue weighted by molar-refractivity contribution is 5.78. The van der Waals surface area contributed by atoms with Crippen LogP contribution in [0.15, 0.2) is 84.9 Å². The number of hydrogen-bond acceptors (Lipinski definition) is 3. The first-order valence-corrected chi connectivity index (χ1v) is 8.81. The van der Waals surface area contributed by atoms with Gasteiger partial charge in [0.15, 0.2) is 6.61 Å². The van der Waals surface area contributed by atoms with Gasteiger partial charge in [0.25, 0.3) is 5.91 Å². The van der Waals surface area contributed by atoms with Crippen LogP contribution in [0.4, 0.5) is 0 Å². The largest absolute Gasteiger partial charge is 0.484 e. The zero-order valence-corrected chi connectivity index (χ0v) is 14.9. The van der Waals surface area contributed by atoms with E-state index in [0.29, 0.717) is 17.7 Å².